The third kappa shape index (κ3) is 3.67. The van der Waals surface area contributed by atoms with Gasteiger partial charge in [-0.2, -0.15) is 13.2 Å². The van der Waals surface area contributed by atoms with Crippen LogP contribution in [-0.2, 0) is 17.5 Å². The summed E-state index contributed by atoms with van der Waals surface area (Å²) in [5.41, 5.74) is -0.743. The smallest absolute Gasteiger partial charge is 0.381 e. The number of halogens is 3. The van der Waals surface area contributed by atoms with E-state index < -0.39 is 11.9 Å². The highest BCUT2D eigenvalue weighted by molar-refractivity contribution is 7.11. The van der Waals surface area contributed by atoms with Crippen molar-refractivity contribution in [2.45, 2.75) is 44.9 Å². The Labute approximate surface area is 114 Å². The van der Waals surface area contributed by atoms with Crippen molar-refractivity contribution in [1.82, 2.24) is 10.3 Å². The molecule has 108 valence electrons. The van der Waals surface area contributed by atoms with Crippen LogP contribution in [0.2, 0.25) is 0 Å². The summed E-state index contributed by atoms with van der Waals surface area (Å²) in [6.07, 6.45) is -3.63. The molecule has 1 unspecified atom stereocenters. The molecule has 19 heavy (non-hydrogen) atoms. The second-order valence-corrected chi connectivity index (χ2v) is 6.03. The van der Waals surface area contributed by atoms with Crippen LogP contribution in [0.1, 0.15) is 41.8 Å². The van der Waals surface area contributed by atoms with E-state index in [9.17, 15) is 13.2 Å². The molecule has 1 atom stereocenters. The first-order valence-electron chi connectivity index (χ1n) is 6.26. The molecule has 3 nitrogen and oxygen atoms in total. The Morgan fingerprint density at radius 3 is 2.74 bits per heavy atom. The number of nitrogens with zero attached hydrogens (tertiary/aromatic N) is 1. The maximum absolute atomic E-state index is 13.0. The van der Waals surface area contributed by atoms with Crippen molar-refractivity contribution in [3.05, 3.63) is 15.6 Å². The molecule has 0 saturated carbocycles. The standard InChI is InChI=1S/C12H17F3N2OS/c1-7(2)16-5-9-10(12(13,14)15)17-11(19-9)8-3-4-18-6-8/h7-8,16H,3-6H2,1-2H3. The highest BCUT2D eigenvalue weighted by Crippen LogP contribution is 2.38. The second kappa shape index (κ2) is 5.76. The van der Waals surface area contributed by atoms with Crippen LogP contribution in [0, 0.1) is 0 Å². The van der Waals surface area contributed by atoms with Crippen LogP contribution < -0.4 is 5.32 Å². The van der Waals surface area contributed by atoms with Crippen molar-refractivity contribution in [1.29, 1.82) is 0 Å². The van der Waals surface area contributed by atoms with Gasteiger partial charge in [0.1, 0.15) is 0 Å². The van der Waals surface area contributed by atoms with E-state index in [-0.39, 0.29) is 23.4 Å². The third-order valence-electron chi connectivity index (χ3n) is 2.93. The molecule has 1 saturated heterocycles. The number of hydrogen-bond donors (Lipinski definition) is 1. The predicted octanol–water partition coefficient (Wildman–Crippen LogP) is 3.16. The number of alkyl halides is 3. The van der Waals surface area contributed by atoms with Crippen molar-refractivity contribution in [3.63, 3.8) is 0 Å². The Balaban J connectivity index is 2.23. The van der Waals surface area contributed by atoms with E-state index in [1.165, 1.54) is 0 Å². The number of rotatable bonds is 4. The van der Waals surface area contributed by atoms with E-state index in [2.05, 4.69) is 10.3 Å². The number of hydrogen-bond acceptors (Lipinski definition) is 4. The average molecular weight is 294 g/mol. The summed E-state index contributed by atoms with van der Waals surface area (Å²) in [7, 11) is 0. The van der Waals surface area contributed by atoms with Crippen LogP contribution in [0.3, 0.4) is 0 Å². The molecule has 1 N–H and O–H groups in total. The van der Waals surface area contributed by atoms with Crippen LogP contribution in [-0.4, -0.2) is 24.2 Å². The van der Waals surface area contributed by atoms with Gasteiger partial charge < -0.3 is 10.1 Å². The summed E-state index contributed by atoms with van der Waals surface area (Å²) in [5, 5.41) is 3.56. The molecule has 1 aliphatic rings. The molecule has 0 bridgehead atoms. The van der Waals surface area contributed by atoms with Gasteiger partial charge in [-0.25, -0.2) is 4.98 Å². The summed E-state index contributed by atoms with van der Waals surface area (Å²) in [5.74, 6) is 0.0129. The van der Waals surface area contributed by atoms with E-state index in [1.807, 2.05) is 13.8 Å². The number of ether oxygens (including phenoxy) is 1. The van der Waals surface area contributed by atoms with Gasteiger partial charge in [-0.1, -0.05) is 13.8 Å². The summed E-state index contributed by atoms with van der Waals surface area (Å²) in [4.78, 5) is 4.08. The zero-order chi connectivity index (χ0) is 14.0. The van der Waals surface area contributed by atoms with Crippen LogP contribution >= 0.6 is 11.3 Å². The van der Waals surface area contributed by atoms with Gasteiger partial charge in [-0.3, -0.25) is 0 Å². The fourth-order valence-electron chi connectivity index (χ4n) is 1.91. The van der Waals surface area contributed by atoms with Crippen LogP contribution in [0.15, 0.2) is 0 Å². The van der Waals surface area contributed by atoms with Gasteiger partial charge in [-0.15, -0.1) is 11.3 Å². The summed E-state index contributed by atoms with van der Waals surface area (Å²) < 4.78 is 44.1. The maximum atomic E-state index is 13.0. The Hall–Kier alpha value is -0.660. The van der Waals surface area contributed by atoms with Crippen molar-refractivity contribution < 1.29 is 17.9 Å². The first kappa shape index (κ1) is 14.7. The topological polar surface area (TPSA) is 34.1 Å². The number of aromatic nitrogens is 1. The molecule has 0 aromatic carbocycles. The van der Waals surface area contributed by atoms with E-state index in [0.717, 1.165) is 17.8 Å². The van der Waals surface area contributed by atoms with Gasteiger partial charge in [0.15, 0.2) is 5.69 Å². The molecule has 0 radical (unpaired) electrons. The number of nitrogens with one attached hydrogen (secondary N) is 1. The molecule has 1 aliphatic heterocycles. The van der Waals surface area contributed by atoms with E-state index >= 15 is 0 Å². The van der Waals surface area contributed by atoms with Gasteiger partial charge in [0.25, 0.3) is 0 Å². The van der Waals surface area contributed by atoms with Gasteiger partial charge >= 0.3 is 6.18 Å². The second-order valence-electron chi connectivity index (χ2n) is 4.92. The zero-order valence-electron chi connectivity index (χ0n) is 10.9. The van der Waals surface area contributed by atoms with E-state index in [4.69, 9.17) is 4.74 Å². The van der Waals surface area contributed by atoms with E-state index in [1.54, 1.807) is 0 Å². The van der Waals surface area contributed by atoms with Gasteiger partial charge in [0, 0.05) is 25.1 Å². The van der Waals surface area contributed by atoms with Crippen molar-refractivity contribution in [2.75, 3.05) is 13.2 Å². The summed E-state index contributed by atoms with van der Waals surface area (Å²) in [6.45, 7) is 5.09. The molecule has 0 spiro atoms. The van der Waals surface area contributed by atoms with Gasteiger partial charge in [0.2, 0.25) is 0 Å². The van der Waals surface area contributed by atoms with Gasteiger partial charge in [0.05, 0.1) is 16.5 Å². The minimum Gasteiger partial charge on any atom is -0.381 e. The monoisotopic (exact) mass is 294 g/mol. The van der Waals surface area contributed by atoms with Crippen LogP contribution in [0.25, 0.3) is 0 Å². The van der Waals surface area contributed by atoms with Crippen molar-refractivity contribution >= 4 is 11.3 Å². The molecule has 0 aliphatic carbocycles. The first-order chi connectivity index (χ1) is 8.88. The first-order valence-corrected chi connectivity index (χ1v) is 7.07. The maximum Gasteiger partial charge on any atom is 0.434 e. The molecule has 7 heteroatoms. The third-order valence-corrected chi connectivity index (χ3v) is 4.15. The van der Waals surface area contributed by atoms with Crippen molar-refractivity contribution in [3.8, 4) is 0 Å². The summed E-state index contributed by atoms with van der Waals surface area (Å²) >= 11 is 1.15. The fourth-order valence-corrected chi connectivity index (χ4v) is 3.07. The largest absolute Gasteiger partial charge is 0.434 e. The molecular weight excluding hydrogens is 277 g/mol. The normalized spacial score (nSPS) is 20.4. The average Bonchev–Trinajstić information content (AvgIpc) is 2.94. The van der Waals surface area contributed by atoms with Crippen LogP contribution in [0.4, 0.5) is 13.2 Å². The Morgan fingerprint density at radius 1 is 1.47 bits per heavy atom. The lowest BCUT2D eigenvalue weighted by molar-refractivity contribution is -0.141. The lowest BCUT2D eigenvalue weighted by Gasteiger charge is -2.09. The molecule has 1 aromatic rings. The minimum absolute atomic E-state index is 0.0129. The highest BCUT2D eigenvalue weighted by atomic mass is 32.1. The molecule has 1 fully saturated rings. The van der Waals surface area contributed by atoms with Gasteiger partial charge in [-0.05, 0) is 6.42 Å². The fraction of sp³-hybridized carbons (Fsp3) is 0.750. The van der Waals surface area contributed by atoms with E-state index in [0.29, 0.717) is 18.2 Å². The Kier molecular flexibility index (Phi) is 4.47. The lowest BCUT2D eigenvalue weighted by Crippen LogP contribution is -2.23. The summed E-state index contributed by atoms with van der Waals surface area (Å²) in [6, 6.07) is 0.140. The Morgan fingerprint density at radius 2 is 2.21 bits per heavy atom. The quantitative estimate of drug-likeness (QED) is 0.926. The SMILES string of the molecule is CC(C)NCc1sc(C2CCOC2)nc1C(F)(F)F. The molecular formula is C12H17F3N2OS. The van der Waals surface area contributed by atoms with Crippen molar-refractivity contribution in [2.24, 2.45) is 0 Å². The number of thiazole rings is 1. The highest BCUT2D eigenvalue weighted by Gasteiger charge is 2.38. The zero-order valence-corrected chi connectivity index (χ0v) is 11.7. The van der Waals surface area contributed by atoms with Crippen LogP contribution in [0.5, 0.6) is 0 Å². The lowest BCUT2D eigenvalue weighted by atomic mass is 10.1. The molecule has 2 rings (SSSR count). The molecule has 0 amide bonds. The molecule has 2 heterocycles. The predicted molar refractivity (Wildman–Crippen MR) is 67.3 cm³/mol. The Bertz CT molecular complexity index is 425. The minimum atomic E-state index is -4.39. The molecule has 1 aromatic heterocycles.